The number of nitrogens with one attached hydrogen (secondary N) is 1. The molecule has 0 aliphatic carbocycles. The Bertz CT molecular complexity index is 1470. The molecule has 2 saturated heterocycles. The minimum atomic E-state index is -3.54. The number of carbonyl (C=O) groups is 4. The molecule has 0 saturated carbocycles. The molecule has 0 radical (unpaired) electrons. The number of sulfone groups is 1. The second-order valence-electron chi connectivity index (χ2n) is 10.5. The summed E-state index contributed by atoms with van der Waals surface area (Å²) in [6, 6.07) is 8.23. The first kappa shape index (κ1) is 28.9. The van der Waals surface area contributed by atoms with Crippen molar-refractivity contribution in [1.29, 1.82) is 0 Å². The molecular weight excluding hydrogens is 540 g/mol. The highest BCUT2D eigenvalue weighted by atomic mass is 32.2. The first-order valence-electron chi connectivity index (χ1n) is 12.8. The van der Waals surface area contributed by atoms with Crippen LogP contribution in [-0.2, 0) is 19.4 Å². The fourth-order valence-electron chi connectivity index (χ4n) is 5.23. The Balaban J connectivity index is 1.52. The maximum absolute atomic E-state index is 13.7. The van der Waals surface area contributed by atoms with E-state index in [1.807, 2.05) is 13.8 Å². The zero-order chi connectivity index (χ0) is 29.4. The molecule has 2 aliphatic rings. The Hall–Kier alpha value is -4.13. The van der Waals surface area contributed by atoms with Crippen LogP contribution in [0.2, 0.25) is 0 Å². The fourth-order valence-corrected chi connectivity index (χ4v) is 5.90. The van der Waals surface area contributed by atoms with Gasteiger partial charge in [0.1, 0.15) is 12.1 Å². The van der Waals surface area contributed by atoms with E-state index >= 15 is 0 Å². The Labute approximate surface area is 231 Å². The monoisotopic (exact) mass is 570 g/mol. The average molecular weight is 571 g/mol. The van der Waals surface area contributed by atoms with Gasteiger partial charge < -0.3 is 15.1 Å². The van der Waals surface area contributed by atoms with Gasteiger partial charge in [-0.1, -0.05) is 19.9 Å². The molecule has 2 aromatic rings. The molecule has 212 valence electrons. The number of benzene rings is 2. The average Bonchev–Trinajstić information content (AvgIpc) is 3.48. The molecule has 2 fully saturated rings. The van der Waals surface area contributed by atoms with Gasteiger partial charge in [-0.2, -0.15) is 0 Å². The number of Topliss-reactive ketones (excluding diaryl/α,β-unsaturated/α-hetero) is 1. The summed E-state index contributed by atoms with van der Waals surface area (Å²) in [5.74, 6) is -1.81. The van der Waals surface area contributed by atoms with E-state index < -0.39 is 50.6 Å². The molecule has 0 spiro atoms. The topological polar surface area (TPSA) is 164 Å². The third-order valence-electron chi connectivity index (χ3n) is 7.13. The number of nitrogens with zero attached hydrogens (tertiary/aromatic N) is 3. The largest absolute Gasteiger partial charge is 0.340 e. The SMILES string of the molecule is CC(C)C[C@H](NC(=O)c1ccc([N+](=O)[O-])cc1)C(=O)N1CCC2C1C(=O)CN2C(=O)c1cccc(S(C)(=O)=O)c1. The summed E-state index contributed by atoms with van der Waals surface area (Å²) in [5, 5.41) is 13.6. The lowest BCUT2D eigenvalue weighted by Crippen LogP contribution is -2.53. The molecule has 12 nitrogen and oxygen atoms in total. The van der Waals surface area contributed by atoms with Crippen LogP contribution in [0.4, 0.5) is 5.69 Å². The van der Waals surface area contributed by atoms with E-state index in [1.165, 1.54) is 58.3 Å². The smallest absolute Gasteiger partial charge is 0.269 e. The number of hydrogen-bond acceptors (Lipinski definition) is 8. The van der Waals surface area contributed by atoms with Gasteiger partial charge in [-0.3, -0.25) is 29.3 Å². The molecule has 2 unspecified atom stereocenters. The second kappa shape index (κ2) is 11.2. The summed E-state index contributed by atoms with van der Waals surface area (Å²) in [4.78, 5) is 66.1. The van der Waals surface area contributed by atoms with E-state index in [9.17, 15) is 37.7 Å². The van der Waals surface area contributed by atoms with E-state index in [-0.39, 0.29) is 46.5 Å². The van der Waals surface area contributed by atoms with Crippen LogP contribution in [0, 0.1) is 16.0 Å². The molecule has 2 heterocycles. The van der Waals surface area contributed by atoms with Crippen molar-refractivity contribution in [2.45, 2.75) is 49.7 Å². The zero-order valence-electron chi connectivity index (χ0n) is 22.3. The summed E-state index contributed by atoms with van der Waals surface area (Å²) >= 11 is 0. The van der Waals surface area contributed by atoms with Gasteiger partial charge in [0, 0.05) is 36.1 Å². The quantitative estimate of drug-likeness (QED) is 0.371. The predicted octanol–water partition coefficient (Wildman–Crippen LogP) is 1.84. The van der Waals surface area contributed by atoms with Crippen LogP contribution < -0.4 is 5.32 Å². The van der Waals surface area contributed by atoms with Gasteiger partial charge in [0.2, 0.25) is 5.91 Å². The number of fused-ring (bicyclic) bond motifs is 1. The molecule has 0 aromatic heterocycles. The molecule has 3 amide bonds. The first-order chi connectivity index (χ1) is 18.8. The lowest BCUT2D eigenvalue weighted by molar-refractivity contribution is -0.384. The Morgan fingerprint density at radius 1 is 1.07 bits per heavy atom. The van der Waals surface area contributed by atoms with Gasteiger partial charge in [0.25, 0.3) is 17.5 Å². The van der Waals surface area contributed by atoms with Crippen LogP contribution in [-0.4, -0.2) is 84.1 Å². The van der Waals surface area contributed by atoms with E-state index in [1.54, 1.807) is 0 Å². The summed E-state index contributed by atoms with van der Waals surface area (Å²) in [7, 11) is -3.54. The van der Waals surface area contributed by atoms with Gasteiger partial charge in [0.15, 0.2) is 15.6 Å². The zero-order valence-corrected chi connectivity index (χ0v) is 23.1. The van der Waals surface area contributed by atoms with Crippen molar-refractivity contribution < 1.29 is 32.5 Å². The maximum Gasteiger partial charge on any atom is 0.269 e. The highest BCUT2D eigenvalue weighted by Crippen LogP contribution is 2.32. The van der Waals surface area contributed by atoms with Crippen LogP contribution in [0.25, 0.3) is 0 Å². The Kier molecular flexibility index (Phi) is 8.05. The highest BCUT2D eigenvalue weighted by molar-refractivity contribution is 7.90. The molecule has 2 aliphatic heterocycles. The van der Waals surface area contributed by atoms with Crippen LogP contribution in [0.3, 0.4) is 0 Å². The van der Waals surface area contributed by atoms with Crippen LogP contribution >= 0.6 is 0 Å². The number of carbonyl (C=O) groups excluding carboxylic acids is 4. The summed E-state index contributed by atoms with van der Waals surface area (Å²) in [6.45, 7) is 3.76. The number of rotatable bonds is 8. The van der Waals surface area contributed by atoms with Crippen molar-refractivity contribution in [3.8, 4) is 0 Å². The number of non-ortho nitro benzene ring substituents is 1. The van der Waals surface area contributed by atoms with E-state index in [4.69, 9.17) is 0 Å². The van der Waals surface area contributed by atoms with Crippen LogP contribution in [0.5, 0.6) is 0 Å². The maximum atomic E-state index is 13.7. The molecular formula is C27H30N4O8S. The van der Waals surface area contributed by atoms with Gasteiger partial charge in [-0.15, -0.1) is 0 Å². The molecule has 3 atom stereocenters. The lowest BCUT2D eigenvalue weighted by Gasteiger charge is -2.29. The van der Waals surface area contributed by atoms with Gasteiger partial charge in [-0.05, 0) is 49.1 Å². The van der Waals surface area contributed by atoms with Crippen LogP contribution in [0.1, 0.15) is 47.4 Å². The lowest BCUT2D eigenvalue weighted by atomic mass is 10.0. The standard InChI is InChI=1S/C27H30N4O8S/c1-16(2)13-21(28-25(33)17-7-9-19(10-8-17)31(36)37)27(35)29-12-11-22-24(29)23(32)15-30(22)26(34)18-5-4-6-20(14-18)40(3,38)39/h4-10,14,16,21-22,24H,11-13,15H2,1-3H3,(H,28,33)/t21-,22?,24?/m0/s1. The van der Waals surface area contributed by atoms with Crippen molar-refractivity contribution in [1.82, 2.24) is 15.1 Å². The molecule has 1 N–H and O–H groups in total. The molecule has 13 heteroatoms. The number of amides is 3. The first-order valence-corrected chi connectivity index (χ1v) is 14.7. The summed E-state index contributed by atoms with van der Waals surface area (Å²) in [5.41, 5.74) is 0.113. The number of ketones is 1. The third-order valence-corrected chi connectivity index (χ3v) is 8.24. The van der Waals surface area contributed by atoms with E-state index in [0.29, 0.717) is 12.8 Å². The second-order valence-corrected chi connectivity index (χ2v) is 12.5. The molecule has 0 bridgehead atoms. The van der Waals surface area contributed by atoms with Crippen LogP contribution in [0.15, 0.2) is 53.4 Å². The number of likely N-dealkylation sites (tertiary alicyclic amines) is 2. The van der Waals surface area contributed by atoms with Gasteiger partial charge in [0.05, 0.1) is 22.4 Å². The van der Waals surface area contributed by atoms with Crippen molar-refractivity contribution in [3.63, 3.8) is 0 Å². The van der Waals surface area contributed by atoms with Crippen molar-refractivity contribution >= 4 is 39.0 Å². The molecule has 40 heavy (non-hydrogen) atoms. The van der Waals surface area contributed by atoms with Gasteiger partial charge >= 0.3 is 0 Å². The predicted molar refractivity (Wildman–Crippen MR) is 143 cm³/mol. The normalized spacial score (nSPS) is 19.4. The van der Waals surface area contributed by atoms with Crippen molar-refractivity contribution in [3.05, 3.63) is 69.8 Å². The number of hydrogen-bond donors (Lipinski definition) is 1. The van der Waals surface area contributed by atoms with E-state index in [2.05, 4.69) is 5.32 Å². The highest BCUT2D eigenvalue weighted by Gasteiger charge is 2.52. The molecule has 4 rings (SSSR count). The van der Waals surface area contributed by atoms with Crippen molar-refractivity contribution in [2.24, 2.45) is 5.92 Å². The summed E-state index contributed by atoms with van der Waals surface area (Å²) < 4.78 is 23.9. The molecule has 2 aromatic carbocycles. The van der Waals surface area contributed by atoms with Gasteiger partial charge in [-0.25, -0.2) is 8.42 Å². The number of nitro groups is 1. The Morgan fingerprint density at radius 3 is 2.35 bits per heavy atom. The summed E-state index contributed by atoms with van der Waals surface area (Å²) in [6.07, 6.45) is 1.69. The Morgan fingerprint density at radius 2 is 1.75 bits per heavy atom. The fraction of sp³-hybridized carbons (Fsp3) is 0.407. The van der Waals surface area contributed by atoms with E-state index in [0.717, 1.165) is 6.26 Å². The number of nitro benzene ring substituents is 1. The third kappa shape index (κ3) is 5.88. The minimum absolute atomic E-state index is 0.0102. The van der Waals surface area contributed by atoms with Crippen molar-refractivity contribution in [2.75, 3.05) is 19.3 Å². The minimum Gasteiger partial charge on any atom is -0.340 e.